The van der Waals surface area contributed by atoms with E-state index in [1.165, 1.54) is 88.0 Å². The number of furan rings is 1. The monoisotopic (exact) mass is 614 g/mol. The van der Waals surface area contributed by atoms with Gasteiger partial charge in [0.25, 0.3) is 0 Å². The van der Waals surface area contributed by atoms with Gasteiger partial charge in [0.05, 0.1) is 22.1 Å². The van der Waals surface area contributed by atoms with Gasteiger partial charge in [0.15, 0.2) is 0 Å². The van der Waals surface area contributed by atoms with Crippen LogP contribution in [0.1, 0.15) is 25.0 Å². The van der Waals surface area contributed by atoms with Crippen LogP contribution in [0.15, 0.2) is 150 Å². The van der Waals surface area contributed by atoms with Crippen LogP contribution in [0.5, 0.6) is 0 Å². The standard InChI is InChI=1S/C45H30N2O/c1-45(2)37-25-42-35(23-32(37)33-24-36-31-16-8-11-19-43(31)48-44(36)26-38(33)45)34-22-28(20-21-41(34)46(42)27-12-4-3-5-13-27)47-39-17-9-6-14-29(39)30-15-7-10-18-40(30)47/h3-26H,1-2H3. The van der Waals surface area contributed by atoms with Gasteiger partial charge >= 0.3 is 0 Å². The first-order valence-corrected chi connectivity index (χ1v) is 16.7. The van der Waals surface area contributed by atoms with Crippen molar-refractivity contribution in [3.8, 4) is 22.5 Å². The average Bonchev–Trinajstić information content (AvgIpc) is 3.82. The Bertz CT molecular complexity index is 2920. The Morgan fingerprint density at radius 2 is 0.958 bits per heavy atom. The molecule has 3 heterocycles. The molecule has 1 aliphatic rings. The lowest BCUT2D eigenvalue weighted by molar-refractivity contribution is 0.647. The number of hydrogen-bond acceptors (Lipinski definition) is 1. The van der Waals surface area contributed by atoms with Gasteiger partial charge in [0, 0.05) is 49.1 Å². The Labute approximate surface area is 276 Å². The van der Waals surface area contributed by atoms with E-state index in [4.69, 9.17) is 4.42 Å². The first-order valence-electron chi connectivity index (χ1n) is 16.7. The number of fused-ring (bicyclic) bond motifs is 12. The van der Waals surface area contributed by atoms with E-state index >= 15 is 0 Å². The lowest BCUT2D eigenvalue weighted by Crippen LogP contribution is -2.15. The second-order valence-electron chi connectivity index (χ2n) is 13.8. The minimum atomic E-state index is -0.182. The fraction of sp³-hybridized carbons (Fsp3) is 0.0667. The second-order valence-corrected chi connectivity index (χ2v) is 13.8. The van der Waals surface area contributed by atoms with Gasteiger partial charge < -0.3 is 13.6 Å². The molecule has 0 saturated heterocycles. The first-order chi connectivity index (χ1) is 23.6. The maximum atomic E-state index is 6.37. The molecule has 0 fully saturated rings. The maximum absolute atomic E-state index is 6.37. The van der Waals surface area contributed by atoms with Crippen LogP contribution in [-0.4, -0.2) is 9.13 Å². The molecule has 0 spiro atoms. The zero-order chi connectivity index (χ0) is 31.7. The molecule has 7 aromatic carbocycles. The van der Waals surface area contributed by atoms with Gasteiger partial charge in [-0.25, -0.2) is 0 Å². The van der Waals surface area contributed by atoms with Gasteiger partial charge in [-0.3, -0.25) is 0 Å². The molecule has 0 unspecified atom stereocenters. The predicted octanol–water partition coefficient (Wildman–Crippen LogP) is 12.1. The molecule has 0 saturated carbocycles. The van der Waals surface area contributed by atoms with E-state index in [0.29, 0.717) is 0 Å². The van der Waals surface area contributed by atoms with Crippen LogP contribution in [0.4, 0.5) is 0 Å². The van der Waals surface area contributed by atoms with Crippen molar-refractivity contribution >= 4 is 65.6 Å². The summed E-state index contributed by atoms with van der Waals surface area (Å²) in [5, 5.41) is 7.39. The molecule has 0 aliphatic heterocycles. The smallest absolute Gasteiger partial charge is 0.135 e. The SMILES string of the molecule is CC1(C)c2cc3oc4ccccc4c3cc2-c2cc3c4cc(-n5c6ccccc6c6ccccc65)ccc4n(-c4ccccc4)c3cc21. The summed E-state index contributed by atoms with van der Waals surface area (Å²) in [7, 11) is 0. The van der Waals surface area contributed by atoms with Gasteiger partial charge in [-0.15, -0.1) is 0 Å². The Kier molecular flexibility index (Phi) is 4.91. The number of rotatable bonds is 2. The van der Waals surface area contributed by atoms with Gasteiger partial charge in [-0.1, -0.05) is 86.6 Å². The van der Waals surface area contributed by atoms with Crippen molar-refractivity contribution in [2.75, 3.05) is 0 Å². The third-order valence-corrected chi connectivity index (χ3v) is 10.9. The number of nitrogens with zero attached hydrogens (tertiary/aromatic N) is 2. The number of benzene rings is 7. The van der Waals surface area contributed by atoms with E-state index < -0.39 is 0 Å². The Balaban J connectivity index is 1.24. The molecule has 0 N–H and O–H groups in total. The highest BCUT2D eigenvalue weighted by atomic mass is 16.3. The highest BCUT2D eigenvalue weighted by molar-refractivity contribution is 6.14. The van der Waals surface area contributed by atoms with Crippen LogP contribution in [0.2, 0.25) is 0 Å². The van der Waals surface area contributed by atoms with Crippen molar-refractivity contribution in [3.63, 3.8) is 0 Å². The highest BCUT2D eigenvalue weighted by Crippen LogP contribution is 2.53. The molecule has 0 amide bonds. The van der Waals surface area contributed by atoms with Crippen molar-refractivity contribution in [3.05, 3.63) is 157 Å². The topological polar surface area (TPSA) is 23.0 Å². The molecule has 226 valence electrons. The zero-order valence-electron chi connectivity index (χ0n) is 26.7. The molecular weight excluding hydrogens is 585 g/mol. The molecule has 0 radical (unpaired) electrons. The van der Waals surface area contributed by atoms with E-state index in [2.05, 4.69) is 163 Å². The van der Waals surface area contributed by atoms with Gasteiger partial charge in [-0.05, 0) is 95.1 Å². The minimum Gasteiger partial charge on any atom is -0.456 e. The van der Waals surface area contributed by atoms with Gasteiger partial charge in [0.2, 0.25) is 0 Å². The number of hydrogen-bond donors (Lipinski definition) is 0. The summed E-state index contributed by atoms with van der Waals surface area (Å²) in [6.07, 6.45) is 0. The van der Waals surface area contributed by atoms with Crippen LogP contribution in [0.25, 0.3) is 88.1 Å². The molecule has 1 aliphatic carbocycles. The summed E-state index contributed by atoms with van der Waals surface area (Å²) in [5.74, 6) is 0. The maximum Gasteiger partial charge on any atom is 0.135 e. The van der Waals surface area contributed by atoms with E-state index in [-0.39, 0.29) is 5.41 Å². The Morgan fingerprint density at radius 3 is 1.71 bits per heavy atom. The largest absolute Gasteiger partial charge is 0.456 e. The summed E-state index contributed by atoms with van der Waals surface area (Å²) in [6.45, 7) is 4.71. The molecule has 48 heavy (non-hydrogen) atoms. The molecule has 3 aromatic heterocycles. The molecule has 3 heteroatoms. The van der Waals surface area contributed by atoms with Crippen molar-refractivity contribution in [1.82, 2.24) is 9.13 Å². The minimum absolute atomic E-state index is 0.182. The van der Waals surface area contributed by atoms with Crippen molar-refractivity contribution < 1.29 is 4.42 Å². The summed E-state index contributed by atoms with van der Waals surface area (Å²) >= 11 is 0. The number of aromatic nitrogens is 2. The van der Waals surface area contributed by atoms with E-state index in [1.807, 2.05) is 6.07 Å². The third-order valence-electron chi connectivity index (χ3n) is 10.9. The van der Waals surface area contributed by atoms with Crippen molar-refractivity contribution in [2.45, 2.75) is 19.3 Å². The summed E-state index contributed by atoms with van der Waals surface area (Å²) in [6, 6.07) is 53.2. The van der Waals surface area contributed by atoms with Crippen LogP contribution >= 0.6 is 0 Å². The highest BCUT2D eigenvalue weighted by Gasteiger charge is 2.37. The van der Waals surface area contributed by atoms with Crippen LogP contribution in [0, 0.1) is 0 Å². The van der Waals surface area contributed by atoms with E-state index in [0.717, 1.165) is 11.2 Å². The first kappa shape index (κ1) is 26.1. The van der Waals surface area contributed by atoms with E-state index in [1.54, 1.807) is 0 Å². The second kappa shape index (κ2) is 9.05. The fourth-order valence-corrected chi connectivity index (χ4v) is 8.64. The normalized spacial score (nSPS) is 13.8. The average molecular weight is 615 g/mol. The summed E-state index contributed by atoms with van der Waals surface area (Å²) in [5.41, 5.74) is 14.2. The molecule has 11 rings (SSSR count). The molecule has 10 aromatic rings. The Morgan fingerprint density at radius 1 is 0.396 bits per heavy atom. The summed E-state index contributed by atoms with van der Waals surface area (Å²) in [4.78, 5) is 0. The van der Waals surface area contributed by atoms with Crippen LogP contribution in [0.3, 0.4) is 0 Å². The fourth-order valence-electron chi connectivity index (χ4n) is 8.64. The van der Waals surface area contributed by atoms with E-state index in [9.17, 15) is 0 Å². The molecular formula is C45H30N2O. The van der Waals surface area contributed by atoms with Crippen molar-refractivity contribution in [2.24, 2.45) is 0 Å². The molecule has 0 atom stereocenters. The lowest BCUT2D eigenvalue weighted by atomic mass is 9.82. The van der Waals surface area contributed by atoms with Gasteiger partial charge in [-0.2, -0.15) is 0 Å². The molecule has 0 bridgehead atoms. The number of para-hydroxylation sites is 4. The lowest BCUT2D eigenvalue weighted by Gasteiger charge is -2.21. The van der Waals surface area contributed by atoms with Gasteiger partial charge in [0.1, 0.15) is 11.2 Å². The zero-order valence-corrected chi connectivity index (χ0v) is 26.7. The third kappa shape index (κ3) is 3.28. The Hall–Kier alpha value is -6.06. The quantitative estimate of drug-likeness (QED) is 0.190. The predicted molar refractivity (Wildman–Crippen MR) is 200 cm³/mol. The summed E-state index contributed by atoms with van der Waals surface area (Å²) < 4.78 is 11.2. The van der Waals surface area contributed by atoms with Crippen LogP contribution in [-0.2, 0) is 5.41 Å². The van der Waals surface area contributed by atoms with Crippen LogP contribution < -0.4 is 0 Å². The van der Waals surface area contributed by atoms with Crippen molar-refractivity contribution in [1.29, 1.82) is 0 Å². The molecule has 3 nitrogen and oxygen atoms in total.